The van der Waals surface area contributed by atoms with E-state index in [0.717, 1.165) is 13.0 Å². The standard InChI is InChI=1S/C15H20FNO3/c1-10(18)11-5-6-17(8-11)9-14(19)13-7-12(16)3-4-15(13)20-2/h3-4,7,10-11,18H,5-6,8-9H2,1-2H3. The second kappa shape index (κ2) is 6.33. The van der Waals surface area contributed by atoms with E-state index in [0.29, 0.717) is 12.3 Å². The first kappa shape index (κ1) is 14.9. The number of rotatable bonds is 5. The summed E-state index contributed by atoms with van der Waals surface area (Å²) in [6, 6.07) is 3.95. The maximum absolute atomic E-state index is 13.3. The van der Waals surface area contributed by atoms with Gasteiger partial charge in [0.25, 0.3) is 0 Å². The molecule has 0 saturated carbocycles. The largest absolute Gasteiger partial charge is 0.496 e. The normalized spacial score (nSPS) is 20.9. The molecule has 0 aliphatic carbocycles. The highest BCUT2D eigenvalue weighted by atomic mass is 19.1. The van der Waals surface area contributed by atoms with Gasteiger partial charge >= 0.3 is 0 Å². The van der Waals surface area contributed by atoms with Crippen molar-refractivity contribution in [2.24, 2.45) is 5.92 Å². The lowest BCUT2D eigenvalue weighted by atomic mass is 10.0. The highest BCUT2D eigenvalue weighted by molar-refractivity contribution is 6.00. The number of nitrogens with zero attached hydrogens (tertiary/aromatic N) is 1. The Labute approximate surface area is 118 Å². The molecule has 2 unspecified atom stereocenters. The Kier molecular flexibility index (Phi) is 4.73. The van der Waals surface area contributed by atoms with Crippen molar-refractivity contribution >= 4 is 5.78 Å². The van der Waals surface area contributed by atoms with E-state index in [1.165, 1.54) is 25.3 Å². The second-order valence-electron chi connectivity index (χ2n) is 5.29. The van der Waals surface area contributed by atoms with Gasteiger partial charge in [-0.15, -0.1) is 0 Å². The van der Waals surface area contributed by atoms with E-state index in [9.17, 15) is 14.3 Å². The molecule has 5 heteroatoms. The molecular formula is C15H20FNO3. The lowest BCUT2D eigenvalue weighted by Crippen LogP contribution is -2.29. The van der Waals surface area contributed by atoms with E-state index in [1.807, 2.05) is 4.90 Å². The van der Waals surface area contributed by atoms with Crippen LogP contribution in [0.5, 0.6) is 5.75 Å². The summed E-state index contributed by atoms with van der Waals surface area (Å²) in [6.07, 6.45) is 0.518. The van der Waals surface area contributed by atoms with Crippen LogP contribution in [-0.2, 0) is 0 Å². The number of likely N-dealkylation sites (tertiary alicyclic amines) is 1. The van der Waals surface area contributed by atoms with Crippen molar-refractivity contribution in [2.75, 3.05) is 26.7 Å². The molecule has 0 spiro atoms. The van der Waals surface area contributed by atoms with Gasteiger partial charge in [0.05, 0.1) is 25.3 Å². The van der Waals surface area contributed by atoms with Gasteiger partial charge in [0.2, 0.25) is 0 Å². The number of Topliss-reactive ketones (excluding diaryl/α,β-unsaturated/α-hetero) is 1. The van der Waals surface area contributed by atoms with Crippen molar-refractivity contribution in [3.63, 3.8) is 0 Å². The van der Waals surface area contributed by atoms with Gasteiger partial charge in [-0.2, -0.15) is 0 Å². The van der Waals surface area contributed by atoms with Crippen LogP contribution in [0.3, 0.4) is 0 Å². The van der Waals surface area contributed by atoms with Crippen LogP contribution in [0.2, 0.25) is 0 Å². The summed E-state index contributed by atoms with van der Waals surface area (Å²) >= 11 is 0. The summed E-state index contributed by atoms with van der Waals surface area (Å²) in [4.78, 5) is 14.2. The number of methoxy groups -OCH3 is 1. The van der Waals surface area contributed by atoms with Crippen molar-refractivity contribution < 1.29 is 19.0 Å². The van der Waals surface area contributed by atoms with Crippen LogP contribution in [0.15, 0.2) is 18.2 Å². The molecule has 0 aromatic heterocycles. The minimum absolute atomic E-state index is 0.160. The zero-order valence-corrected chi connectivity index (χ0v) is 11.8. The number of hydrogen-bond donors (Lipinski definition) is 1. The average Bonchev–Trinajstić information content (AvgIpc) is 2.87. The molecule has 20 heavy (non-hydrogen) atoms. The van der Waals surface area contributed by atoms with Gasteiger partial charge in [-0.25, -0.2) is 4.39 Å². The maximum Gasteiger partial charge on any atom is 0.180 e. The van der Waals surface area contributed by atoms with Crippen LogP contribution >= 0.6 is 0 Å². The SMILES string of the molecule is COc1ccc(F)cc1C(=O)CN1CCC(C(C)O)C1. The van der Waals surface area contributed by atoms with Crippen molar-refractivity contribution in [3.05, 3.63) is 29.6 Å². The number of carbonyl (C=O) groups excluding carboxylic acids is 1. The molecule has 1 saturated heterocycles. The van der Waals surface area contributed by atoms with E-state index >= 15 is 0 Å². The van der Waals surface area contributed by atoms with Crippen LogP contribution in [0.4, 0.5) is 4.39 Å². The van der Waals surface area contributed by atoms with Gasteiger partial charge in [0, 0.05) is 6.54 Å². The van der Waals surface area contributed by atoms with Gasteiger partial charge in [-0.1, -0.05) is 0 Å². The maximum atomic E-state index is 13.3. The van der Waals surface area contributed by atoms with E-state index in [4.69, 9.17) is 4.74 Å². The first-order valence-corrected chi connectivity index (χ1v) is 6.78. The number of benzene rings is 1. The lowest BCUT2D eigenvalue weighted by molar-refractivity contribution is 0.0922. The first-order valence-electron chi connectivity index (χ1n) is 6.78. The smallest absolute Gasteiger partial charge is 0.180 e. The third-order valence-corrected chi connectivity index (χ3v) is 3.82. The zero-order chi connectivity index (χ0) is 14.7. The molecule has 2 atom stereocenters. The van der Waals surface area contributed by atoms with Gasteiger partial charge in [-0.3, -0.25) is 9.69 Å². The molecule has 4 nitrogen and oxygen atoms in total. The van der Waals surface area contributed by atoms with Gasteiger partial charge in [0.1, 0.15) is 11.6 Å². The van der Waals surface area contributed by atoms with Crippen molar-refractivity contribution in [2.45, 2.75) is 19.4 Å². The summed E-state index contributed by atoms with van der Waals surface area (Å²) in [5.41, 5.74) is 0.271. The Balaban J connectivity index is 2.04. The van der Waals surface area contributed by atoms with Crippen molar-refractivity contribution in [1.82, 2.24) is 4.90 Å². The Morgan fingerprint density at radius 2 is 2.35 bits per heavy atom. The van der Waals surface area contributed by atoms with Gasteiger partial charge in [0.15, 0.2) is 5.78 Å². The van der Waals surface area contributed by atoms with E-state index in [1.54, 1.807) is 6.92 Å². The van der Waals surface area contributed by atoms with Crippen molar-refractivity contribution in [3.8, 4) is 5.75 Å². The van der Waals surface area contributed by atoms with E-state index < -0.39 is 5.82 Å². The molecule has 110 valence electrons. The molecule has 1 aromatic carbocycles. The molecule has 1 aliphatic heterocycles. The predicted octanol–water partition coefficient (Wildman–Crippen LogP) is 1.72. The zero-order valence-electron chi connectivity index (χ0n) is 11.8. The number of hydrogen-bond acceptors (Lipinski definition) is 4. The fourth-order valence-corrected chi connectivity index (χ4v) is 2.59. The number of aliphatic hydroxyl groups is 1. The highest BCUT2D eigenvalue weighted by Crippen LogP contribution is 2.23. The number of ketones is 1. The molecule has 1 N–H and O–H groups in total. The third kappa shape index (κ3) is 3.35. The molecule has 0 radical (unpaired) electrons. The lowest BCUT2D eigenvalue weighted by Gasteiger charge is -2.17. The molecule has 0 bridgehead atoms. The topological polar surface area (TPSA) is 49.8 Å². The first-order chi connectivity index (χ1) is 9.51. The third-order valence-electron chi connectivity index (χ3n) is 3.82. The molecule has 1 heterocycles. The minimum Gasteiger partial charge on any atom is -0.496 e. The number of aliphatic hydroxyl groups excluding tert-OH is 1. The summed E-state index contributed by atoms with van der Waals surface area (Å²) in [7, 11) is 1.46. The second-order valence-corrected chi connectivity index (χ2v) is 5.29. The monoisotopic (exact) mass is 281 g/mol. The van der Waals surface area contributed by atoms with Crippen LogP contribution in [0.25, 0.3) is 0 Å². The Bertz CT molecular complexity index is 490. The molecule has 1 aliphatic rings. The summed E-state index contributed by atoms with van der Waals surface area (Å²) in [5.74, 6) is -0.00935. The van der Waals surface area contributed by atoms with Crippen LogP contribution in [0.1, 0.15) is 23.7 Å². The highest BCUT2D eigenvalue weighted by Gasteiger charge is 2.28. The van der Waals surface area contributed by atoms with Crippen LogP contribution in [0, 0.1) is 11.7 Å². The number of halogens is 1. The fourth-order valence-electron chi connectivity index (χ4n) is 2.59. The fraction of sp³-hybridized carbons (Fsp3) is 0.533. The molecule has 0 amide bonds. The van der Waals surface area contributed by atoms with Gasteiger partial charge < -0.3 is 9.84 Å². The molecular weight excluding hydrogens is 261 g/mol. The summed E-state index contributed by atoms with van der Waals surface area (Å²) < 4.78 is 18.4. The molecule has 2 rings (SSSR count). The quantitative estimate of drug-likeness (QED) is 0.835. The molecule has 1 fully saturated rings. The van der Waals surface area contributed by atoms with Gasteiger partial charge in [-0.05, 0) is 44.0 Å². The predicted molar refractivity (Wildman–Crippen MR) is 73.5 cm³/mol. The van der Waals surface area contributed by atoms with Crippen LogP contribution in [-0.4, -0.2) is 48.6 Å². The number of carbonyl (C=O) groups is 1. The average molecular weight is 281 g/mol. The Hall–Kier alpha value is -1.46. The Morgan fingerprint density at radius 1 is 1.60 bits per heavy atom. The van der Waals surface area contributed by atoms with E-state index in [2.05, 4.69) is 0 Å². The van der Waals surface area contributed by atoms with Crippen molar-refractivity contribution in [1.29, 1.82) is 0 Å². The minimum atomic E-state index is -0.447. The molecule has 1 aromatic rings. The van der Waals surface area contributed by atoms with Crippen LogP contribution < -0.4 is 4.74 Å². The summed E-state index contributed by atoms with van der Waals surface area (Å²) in [5, 5.41) is 9.56. The summed E-state index contributed by atoms with van der Waals surface area (Å²) in [6.45, 7) is 3.47. The Morgan fingerprint density at radius 3 is 2.95 bits per heavy atom. The van der Waals surface area contributed by atoms with E-state index in [-0.39, 0.29) is 29.9 Å². The number of ether oxygens (including phenoxy) is 1.